The number of anilines is 1. The lowest BCUT2D eigenvalue weighted by atomic mass is 10.1. The Balaban J connectivity index is 1.67. The molecule has 0 aliphatic carbocycles. The molecule has 25 heavy (non-hydrogen) atoms. The molecule has 2 rings (SSSR count). The molecule has 0 radical (unpaired) electrons. The van der Waals surface area contributed by atoms with Crippen molar-refractivity contribution >= 4 is 52.3 Å². The summed E-state index contributed by atoms with van der Waals surface area (Å²) in [6.07, 6.45) is 1.69. The van der Waals surface area contributed by atoms with E-state index in [1.807, 2.05) is 6.07 Å². The second kappa shape index (κ2) is 9.66. The molecule has 0 spiro atoms. The van der Waals surface area contributed by atoms with E-state index in [9.17, 15) is 9.59 Å². The second-order valence-electron chi connectivity index (χ2n) is 5.43. The Morgan fingerprint density at radius 3 is 2.28 bits per heavy atom. The van der Waals surface area contributed by atoms with Crippen molar-refractivity contribution in [1.29, 1.82) is 0 Å². The minimum absolute atomic E-state index is 0.0752. The van der Waals surface area contributed by atoms with Gasteiger partial charge in [-0.2, -0.15) is 0 Å². The lowest BCUT2D eigenvalue weighted by Gasteiger charge is -2.07. The van der Waals surface area contributed by atoms with Gasteiger partial charge in [0.2, 0.25) is 11.8 Å². The maximum absolute atomic E-state index is 11.8. The monoisotopic (exact) mass is 398 g/mol. The quantitative estimate of drug-likeness (QED) is 0.707. The van der Waals surface area contributed by atoms with Crippen LogP contribution >= 0.6 is 34.8 Å². The van der Waals surface area contributed by atoms with Gasteiger partial charge in [0.25, 0.3) is 0 Å². The highest BCUT2D eigenvalue weighted by atomic mass is 35.5. The van der Waals surface area contributed by atoms with E-state index in [1.165, 1.54) is 0 Å². The smallest absolute Gasteiger partial charge is 0.243 e. The molecule has 0 saturated carbocycles. The van der Waals surface area contributed by atoms with Crippen LogP contribution in [0, 0.1) is 0 Å². The van der Waals surface area contributed by atoms with Crippen LogP contribution in [0.4, 0.5) is 5.69 Å². The average Bonchev–Trinajstić information content (AvgIpc) is 2.58. The molecule has 2 aromatic carbocycles. The third kappa shape index (κ3) is 6.94. The summed E-state index contributed by atoms with van der Waals surface area (Å²) in [4.78, 5) is 23.6. The van der Waals surface area contributed by atoms with Crippen molar-refractivity contribution in [3.63, 3.8) is 0 Å². The molecular weight excluding hydrogens is 383 g/mol. The molecule has 0 bridgehead atoms. The number of carbonyl (C=O) groups excluding carboxylic acids is 2. The summed E-state index contributed by atoms with van der Waals surface area (Å²) in [5.74, 6) is -0.466. The number of rotatable bonds is 7. The molecule has 4 nitrogen and oxygen atoms in total. The van der Waals surface area contributed by atoms with Gasteiger partial charge >= 0.3 is 0 Å². The molecular formula is C18H17Cl3N2O2. The highest BCUT2D eigenvalue weighted by Gasteiger charge is 2.07. The summed E-state index contributed by atoms with van der Waals surface area (Å²) >= 11 is 17.6. The Morgan fingerprint density at radius 2 is 1.60 bits per heavy atom. The topological polar surface area (TPSA) is 58.2 Å². The molecule has 0 unspecified atom stereocenters. The van der Waals surface area contributed by atoms with Crippen LogP contribution in [-0.4, -0.2) is 18.4 Å². The van der Waals surface area contributed by atoms with Gasteiger partial charge in [-0.15, -0.1) is 0 Å². The molecule has 0 atom stereocenters. The molecule has 0 aliphatic heterocycles. The minimum atomic E-state index is -0.292. The Hall–Kier alpha value is -1.75. The number of halogens is 3. The van der Waals surface area contributed by atoms with Gasteiger partial charge in [-0.3, -0.25) is 9.59 Å². The summed E-state index contributed by atoms with van der Waals surface area (Å²) in [7, 11) is 0. The van der Waals surface area contributed by atoms with Crippen LogP contribution in [0.5, 0.6) is 0 Å². The van der Waals surface area contributed by atoms with Gasteiger partial charge in [0.05, 0.1) is 16.6 Å². The van der Waals surface area contributed by atoms with Crippen molar-refractivity contribution < 1.29 is 9.59 Å². The van der Waals surface area contributed by atoms with Gasteiger partial charge in [0, 0.05) is 17.1 Å². The Kier molecular flexibility index (Phi) is 7.56. The van der Waals surface area contributed by atoms with Crippen LogP contribution < -0.4 is 10.6 Å². The highest BCUT2D eigenvalue weighted by Crippen LogP contribution is 2.23. The maximum atomic E-state index is 11.8. The van der Waals surface area contributed by atoms with E-state index >= 15 is 0 Å². The van der Waals surface area contributed by atoms with Gasteiger partial charge in [-0.25, -0.2) is 0 Å². The van der Waals surface area contributed by atoms with Crippen LogP contribution in [0.1, 0.15) is 18.4 Å². The number of nitrogens with one attached hydrogen (secondary N) is 2. The zero-order valence-electron chi connectivity index (χ0n) is 13.3. The fourth-order valence-electron chi connectivity index (χ4n) is 2.15. The zero-order valence-corrected chi connectivity index (χ0v) is 15.6. The molecule has 0 aliphatic rings. The van der Waals surface area contributed by atoms with Gasteiger partial charge in [0.15, 0.2) is 0 Å². The molecule has 7 heteroatoms. The Labute approximate surface area is 161 Å². The first kappa shape index (κ1) is 19.6. The van der Waals surface area contributed by atoms with E-state index in [0.29, 0.717) is 40.0 Å². The zero-order chi connectivity index (χ0) is 18.2. The van der Waals surface area contributed by atoms with Crippen LogP contribution in [0.15, 0.2) is 42.5 Å². The number of benzene rings is 2. The first-order valence-corrected chi connectivity index (χ1v) is 8.83. The molecule has 2 aromatic rings. The summed E-state index contributed by atoms with van der Waals surface area (Å²) in [5.41, 5.74) is 1.64. The van der Waals surface area contributed by atoms with E-state index in [1.54, 1.807) is 36.4 Å². The van der Waals surface area contributed by atoms with Gasteiger partial charge in [-0.05, 0) is 54.8 Å². The number of amides is 2. The van der Waals surface area contributed by atoms with Crippen molar-refractivity contribution in [2.24, 2.45) is 0 Å². The first-order chi connectivity index (χ1) is 11.9. The third-order valence-electron chi connectivity index (χ3n) is 3.43. The van der Waals surface area contributed by atoms with Gasteiger partial charge in [0.1, 0.15) is 0 Å². The van der Waals surface area contributed by atoms with E-state index in [0.717, 1.165) is 5.56 Å². The lowest BCUT2D eigenvalue weighted by molar-refractivity contribution is -0.124. The van der Waals surface area contributed by atoms with Crippen molar-refractivity contribution in [3.8, 4) is 0 Å². The maximum Gasteiger partial charge on any atom is 0.243 e. The largest absolute Gasteiger partial charge is 0.347 e. The number of hydrogen-bond donors (Lipinski definition) is 2. The van der Waals surface area contributed by atoms with Crippen molar-refractivity contribution in [2.45, 2.75) is 19.3 Å². The molecule has 132 valence electrons. The van der Waals surface area contributed by atoms with Crippen LogP contribution in [0.25, 0.3) is 0 Å². The summed E-state index contributed by atoms with van der Waals surface area (Å²) in [5, 5.41) is 6.88. The van der Waals surface area contributed by atoms with Crippen LogP contribution in [0.2, 0.25) is 15.1 Å². The minimum Gasteiger partial charge on any atom is -0.347 e. The molecule has 0 heterocycles. The lowest BCUT2D eigenvalue weighted by Crippen LogP contribution is -2.32. The van der Waals surface area contributed by atoms with E-state index in [-0.39, 0.29) is 18.4 Å². The van der Waals surface area contributed by atoms with Gasteiger partial charge < -0.3 is 10.6 Å². The summed E-state index contributed by atoms with van der Waals surface area (Å²) in [6.45, 7) is -0.0752. The number of carbonyl (C=O) groups is 2. The predicted molar refractivity (Wildman–Crippen MR) is 102 cm³/mol. The normalized spacial score (nSPS) is 10.4. The fraction of sp³-hybridized carbons (Fsp3) is 0.222. The fourth-order valence-corrected chi connectivity index (χ4v) is 2.60. The van der Waals surface area contributed by atoms with Gasteiger partial charge in [-0.1, -0.05) is 40.9 Å². The number of aryl methyl sites for hydroxylation is 1. The summed E-state index contributed by atoms with van der Waals surface area (Å²) < 4.78 is 0. The van der Waals surface area contributed by atoms with Crippen molar-refractivity contribution in [1.82, 2.24) is 5.32 Å². The highest BCUT2D eigenvalue weighted by molar-refractivity contribution is 6.42. The SMILES string of the molecule is O=C(CCCc1ccc(Cl)c(Cl)c1)NCC(=O)Nc1ccc(Cl)cc1. The predicted octanol–water partition coefficient (Wildman–Crippen LogP) is 4.72. The molecule has 2 N–H and O–H groups in total. The van der Waals surface area contributed by atoms with E-state index in [4.69, 9.17) is 34.8 Å². The average molecular weight is 400 g/mol. The molecule has 0 fully saturated rings. The van der Waals surface area contributed by atoms with Crippen LogP contribution in [-0.2, 0) is 16.0 Å². The molecule has 2 amide bonds. The van der Waals surface area contributed by atoms with E-state index in [2.05, 4.69) is 10.6 Å². The molecule has 0 saturated heterocycles. The standard InChI is InChI=1S/C18H17Cl3N2O2/c19-13-5-7-14(8-6-13)23-18(25)11-22-17(24)3-1-2-12-4-9-15(20)16(21)10-12/h4-10H,1-3,11H2,(H,22,24)(H,23,25). The van der Waals surface area contributed by atoms with Crippen molar-refractivity contribution in [2.75, 3.05) is 11.9 Å². The van der Waals surface area contributed by atoms with Crippen LogP contribution in [0.3, 0.4) is 0 Å². The third-order valence-corrected chi connectivity index (χ3v) is 4.42. The first-order valence-electron chi connectivity index (χ1n) is 7.70. The van der Waals surface area contributed by atoms with E-state index < -0.39 is 0 Å². The summed E-state index contributed by atoms with van der Waals surface area (Å²) in [6, 6.07) is 12.2. The number of hydrogen-bond acceptors (Lipinski definition) is 2. The van der Waals surface area contributed by atoms with Crippen molar-refractivity contribution in [3.05, 3.63) is 63.1 Å². The Bertz CT molecular complexity index is 748. The second-order valence-corrected chi connectivity index (χ2v) is 6.68. The molecule has 0 aromatic heterocycles. The Morgan fingerprint density at radius 1 is 0.880 bits per heavy atom.